The van der Waals surface area contributed by atoms with E-state index in [2.05, 4.69) is 0 Å². The van der Waals surface area contributed by atoms with Crippen LogP contribution < -0.4 is 15.2 Å². The maximum absolute atomic E-state index is 13.3. The summed E-state index contributed by atoms with van der Waals surface area (Å²) in [6.07, 6.45) is 1.48. The van der Waals surface area contributed by atoms with E-state index in [9.17, 15) is 10.1 Å². The average molecular weight is 416 g/mol. The van der Waals surface area contributed by atoms with Crippen molar-refractivity contribution in [3.63, 3.8) is 0 Å². The Bertz CT molecular complexity index is 1120. The minimum absolute atomic E-state index is 0.0448. The van der Waals surface area contributed by atoms with Crippen LogP contribution in [0.4, 0.5) is 5.69 Å². The monoisotopic (exact) mass is 415 g/mol. The first-order valence-electron chi connectivity index (χ1n) is 8.04. The van der Waals surface area contributed by atoms with Gasteiger partial charge >= 0.3 is 0 Å². The summed E-state index contributed by atoms with van der Waals surface area (Å²) >= 11 is 12.1. The molecule has 1 aromatic heterocycles. The quantitative estimate of drug-likeness (QED) is 0.619. The van der Waals surface area contributed by atoms with Gasteiger partial charge in [-0.2, -0.15) is 5.26 Å². The summed E-state index contributed by atoms with van der Waals surface area (Å²) in [5, 5.41) is 10.0. The van der Waals surface area contributed by atoms with Gasteiger partial charge in [0.05, 0.1) is 36.2 Å². The largest absolute Gasteiger partial charge is 0.497 e. The van der Waals surface area contributed by atoms with Crippen molar-refractivity contribution in [2.75, 3.05) is 20.0 Å². The third-order valence-electron chi connectivity index (χ3n) is 4.20. The molecule has 0 bridgehead atoms. The van der Waals surface area contributed by atoms with Gasteiger partial charge < -0.3 is 19.8 Å². The molecule has 3 aromatic rings. The van der Waals surface area contributed by atoms with Gasteiger partial charge in [0.15, 0.2) is 0 Å². The zero-order valence-corrected chi connectivity index (χ0v) is 16.5. The van der Waals surface area contributed by atoms with E-state index in [0.717, 1.165) is 0 Å². The first-order valence-corrected chi connectivity index (χ1v) is 8.80. The molecule has 0 aliphatic heterocycles. The van der Waals surface area contributed by atoms with Crippen molar-refractivity contribution in [1.29, 1.82) is 5.26 Å². The lowest BCUT2D eigenvalue weighted by Crippen LogP contribution is -2.12. The third-order valence-corrected chi connectivity index (χ3v) is 4.75. The van der Waals surface area contributed by atoms with E-state index in [0.29, 0.717) is 22.2 Å². The maximum Gasteiger partial charge on any atom is 0.213 e. The van der Waals surface area contributed by atoms with E-state index in [4.69, 9.17) is 38.4 Å². The summed E-state index contributed by atoms with van der Waals surface area (Å²) in [6, 6.07) is 11.6. The Labute approximate surface area is 171 Å². The molecule has 0 saturated heterocycles. The Morgan fingerprint density at radius 2 is 1.89 bits per heavy atom. The molecule has 0 fully saturated rings. The normalized spacial score (nSPS) is 10.4. The fourth-order valence-electron chi connectivity index (χ4n) is 2.82. The number of nitriles is 1. The number of anilines is 1. The number of ether oxygens (including phenoxy) is 2. The molecule has 2 N–H and O–H groups in total. The summed E-state index contributed by atoms with van der Waals surface area (Å²) < 4.78 is 12.2. The SMILES string of the molecule is COc1ccc(OC)c(-n2cc(C#N)c(N)c2C(=O)c2ccc(Cl)cc2Cl)c1. The number of rotatable bonds is 5. The van der Waals surface area contributed by atoms with Gasteiger partial charge in [-0.25, -0.2) is 0 Å². The number of nitrogens with zero attached hydrogens (tertiary/aromatic N) is 2. The molecule has 8 heteroatoms. The van der Waals surface area contributed by atoms with Crippen molar-refractivity contribution >= 4 is 34.7 Å². The minimum atomic E-state index is -0.453. The summed E-state index contributed by atoms with van der Waals surface area (Å²) in [5.74, 6) is 0.562. The average Bonchev–Trinajstić information content (AvgIpc) is 3.03. The Balaban J connectivity index is 2.28. The summed E-state index contributed by atoms with van der Waals surface area (Å²) in [4.78, 5) is 13.3. The standard InChI is InChI=1S/C20H15Cl2N3O3/c1-27-13-4-6-17(28-2)16(8-13)25-10-11(9-23)18(24)19(25)20(26)14-5-3-12(21)7-15(14)22/h3-8,10H,24H2,1-2H3. The molecule has 0 atom stereocenters. The molecular formula is C20H15Cl2N3O3. The zero-order chi connectivity index (χ0) is 20.4. The Kier molecular flexibility index (Phi) is 5.50. The fourth-order valence-corrected chi connectivity index (χ4v) is 3.31. The fraction of sp³-hybridized carbons (Fsp3) is 0.100. The van der Waals surface area contributed by atoms with Crippen molar-refractivity contribution in [2.45, 2.75) is 0 Å². The third kappa shape index (κ3) is 3.38. The summed E-state index contributed by atoms with van der Waals surface area (Å²) in [6.45, 7) is 0. The number of ketones is 1. The molecular weight excluding hydrogens is 401 g/mol. The highest BCUT2D eigenvalue weighted by atomic mass is 35.5. The first-order chi connectivity index (χ1) is 13.4. The maximum atomic E-state index is 13.3. The molecule has 142 valence electrons. The summed E-state index contributed by atoms with van der Waals surface area (Å²) in [7, 11) is 3.02. The smallest absolute Gasteiger partial charge is 0.213 e. The molecule has 0 amide bonds. The number of hydrogen-bond donors (Lipinski definition) is 1. The van der Waals surface area contributed by atoms with Crippen molar-refractivity contribution in [2.24, 2.45) is 0 Å². The van der Waals surface area contributed by atoms with Crippen LogP contribution >= 0.6 is 23.2 Å². The van der Waals surface area contributed by atoms with E-state index in [1.54, 1.807) is 24.3 Å². The van der Waals surface area contributed by atoms with Gasteiger partial charge in [0, 0.05) is 22.8 Å². The predicted molar refractivity (Wildman–Crippen MR) is 108 cm³/mol. The van der Waals surface area contributed by atoms with Gasteiger partial charge in [-0.3, -0.25) is 4.79 Å². The van der Waals surface area contributed by atoms with Crippen molar-refractivity contribution in [3.05, 3.63) is 69.5 Å². The first kappa shape index (κ1) is 19.6. The van der Waals surface area contributed by atoms with Gasteiger partial charge in [0.2, 0.25) is 5.78 Å². The summed E-state index contributed by atoms with van der Waals surface area (Å²) in [5.41, 5.74) is 7.11. The van der Waals surface area contributed by atoms with Crippen LogP contribution in [-0.4, -0.2) is 24.6 Å². The number of methoxy groups -OCH3 is 2. The molecule has 0 aliphatic rings. The van der Waals surface area contributed by atoms with Crippen LogP contribution in [-0.2, 0) is 0 Å². The molecule has 2 aromatic carbocycles. The van der Waals surface area contributed by atoms with Crippen molar-refractivity contribution < 1.29 is 14.3 Å². The van der Waals surface area contributed by atoms with Gasteiger partial charge in [-0.1, -0.05) is 23.2 Å². The number of nitrogen functional groups attached to an aromatic ring is 1. The van der Waals surface area contributed by atoms with Gasteiger partial charge in [-0.05, 0) is 30.3 Å². The number of halogens is 2. The van der Waals surface area contributed by atoms with Crippen LogP contribution in [0.25, 0.3) is 5.69 Å². The number of hydrogen-bond acceptors (Lipinski definition) is 5. The molecule has 1 heterocycles. The zero-order valence-electron chi connectivity index (χ0n) is 15.0. The highest BCUT2D eigenvalue weighted by Gasteiger charge is 2.25. The van der Waals surface area contributed by atoms with E-state index < -0.39 is 5.78 Å². The molecule has 28 heavy (non-hydrogen) atoms. The van der Waals surface area contributed by atoms with Crippen molar-refractivity contribution in [1.82, 2.24) is 4.57 Å². The van der Waals surface area contributed by atoms with Crippen LogP contribution in [0.5, 0.6) is 11.5 Å². The van der Waals surface area contributed by atoms with Crippen LogP contribution in [0.3, 0.4) is 0 Å². The van der Waals surface area contributed by atoms with Gasteiger partial charge in [0.1, 0.15) is 23.3 Å². The van der Waals surface area contributed by atoms with E-state index in [-0.39, 0.29) is 27.5 Å². The lowest BCUT2D eigenvalue weighted by molar-refractivity contribution is 0.103. The Morgan fingerprint density at radius 3 is 2.50 bits per heavy atom. The Morgan fingerprint density at radius 1 is 1.14 bits per heavy atom. The van der Waals surface area contributed by atoms with E-state index >= 15 is 0 Å². The second-order valence-electron chi connectivity index (χ2n) is 5.78. The lowest BCUT2D eigenvalue weighted by Gasteiger charge is -2.15. The van der Waals surface area contributed by atoms with E-state index in [1.165, 1.54) is 37.1 Å². The molecule has 0 radical (unpaired) electrons. The van der Waals surface area contributed by atoms with Crippen molar-refractivity contribution in [3.8, 4) is 23.3 Å². The molecule has 0 aliphatic carbocycles. The highest BCUT2D eigenvalue weighted by Crippen LogP contribution is 2.34. The van der Waals surface area contributed by atoms with Crippen LogP contribution in [0.2, 0.25) is 10.0 Å². The van der Waals surface area contributed by atoms with Gasteiger partial charge in [-0.15, -0.1) is 0 Å². The number of aromatic nitrogens is 1. The predicted octanol–water partition coefficient (Wildman–Crippen LogP) is 4.49. The number of carbonyl (C=O) groups is 1. The van der Waals surface area contributed by atoms with Crippen LogP contribution in [0.1, 0.15) is 21.6 Å². The topological polar surface area (TPSA) is 90.3 Å². The molecule has 3 rings (SSSR count). The molecule has 0 spiro atoms. The second-order valence-corrected chi connectivity index (χ2v) is 6.62. The molecule has 0 unspecified atom stereocenters. The number of nitrogens with two attached hydrogens (primary N) is 1. The van der Waals surface area contributed by atoms with Crippen LogP contribution in [0.15, 0.2) is 42.6 Å². The van der Waals surface area contributed by atoms with E-state index in [1.807, 2.05) is 6.07 Å². The molecule has 0 saturated carbocycles. The van der Waals surface area contributed by atoms with Gasteiger partial charge in [0.25, 0.3) is 0 Å². The van der Waals surface area contributed by atoms with Crippen LogP contribution in [0, 0.1) is 11.3 Å². The number of carbonyl (C=O) groups excluding carboxylic acids is 1. The highest BCUT2D eigenvalue weighted by molar-refractivity contribution is 6.37. The lowest BCUT2D eigenvalue weighted by atomic mass is 10.1. The Hall–Kier alpha value is -3.14. The molecule has 6 nitrogen and oxygen atoms in total. The second kappa shape index (κ2) is 7.85. The minimum Gasteiger partial charge on any atom is -0.497 e. The number of benzene rings is 2.